The lowest BCUT2D eigenvalue weighted by atomic mass is 9.81. The summed E-state index contributed by atoms with van der Waals surface area (Å²) in [5.74, 6) is -1.37. The van der Waals surface area contributed by atoms with Gasteiger partial charge in [0.15, 0.2) is 17.1 Å². The molecule has 26 heavy (non-hydrogen) atoms. The lowest BCUT2D eigenvalue weighted by Gasteiger charge is -2.36. The first-order valence-electron chi connectivity index (χ1n) is 7.85. The smallest absolute Gasteiger partial charge is 0.405 e. The highest BCUT2D eigenvalue weighted by atomic mass is 16.4. The van der Waals surface area contributed by atoms with E-state index in [1.165, 1.54) is 20.2 Å². The molecule has 0 aliphatic carbocycles. The first-order valence-corrected chi connectivity index (χ1v) is 7.85. The third kappa shape index (κ3) is 4.92. The maximum atomic E-state index is 12.4. The average Bonchev–Trinajstić information content (AvgIpc) is 2.56. The molecule has 0 aromatic heterocycles. The molecule has 1 aromatic rings. The van der Waals surface area contributed by atoms with E-state index in [2.05, 4.69) is 10.6 Å². The van der Waals surface area contributed by atoms with Crippen LogP contribution in [0, 0.1) is 0 Å². The second-order valence-electron chi connectivity index (χ2n) is 5.94. The van der Waals surface area contributed by atoms with Crippen LogP contribution in [0.3, 0.4) is 0 Å². The van der Waals surface area contributed by atoms with Crippen LogP contribution in [-0.4, -0.2) is 59.4 Å². The van der Waals surface area contributed by atoms with Crippen LogP contribution >= 0.6 is 0 Å². The molecule has 1 rings (SSSR count). The van der Waals surface area contributed by atoms with Gasteiger partial charge in [0.05, 0.1) is 6.04 Å². The summed E-state index contributed by atoms with van der Waals surface area (Å²) in [5.41, 5.74) is -1.32. The SMILES string of the molecule is CC(=O)C(NC(=O)N(C)C)(C(C)=O)C(/C=C/c1ccccc1)NC(=O)O. The predicted octanol–water partition coefficient (Wildman–Crippen LogP) is 1.52. The van der Waals surface area contributed by atoms with Gasteiger partial charge < -0.3 is 20.6 Å². The van der Waals surface area contributed by atoms with Gasteiger partial charge in [-0.3, -0.25) is 9.59 Å². The molecule has 1 atom stereocenters. The van der Waals surface area contributed by atoms with Crippen LogP contribution in [0.4, 0.5) is 9.59 Å². The molecule has 0 saturated carbocycles. The summed E-state index contributed by atoms with van der Waals surface area (Å²) < 4.78 is 0. The van der Waals surface area contributed by atoms with Crippen molar-refractivity contribution in [2.75, 3.05) is 14.1 Å². The van der Waals surface area contributed by atoms with Gasteiger partial charge in [0.1, 0.15) is 0 Å². The van der Waals surface area contributed by atoms with E-state index in [9.17, 15) is 19.2 Å². The van der Waals surface area contributed by atoms with Crippen molar-refractivity contribution >= 4 is 29.8 Å². The molecule has 1 aromatic carbocycles. The summed E-state index contributed by atoms with van der Waals surface area (Å²) >= 11 is 0. The van der Waals surface area contributed by atoms with Gasteiger partial charge in [-0.15, -0.1) is 0 Å². The summed E-state index contributed by atoms with van der Waals surface area (Å²) in [5, 5.41) is 13.7. The number of nitrogens with zero attached hydrogens (tertiary/aromatic N) is 1. The molecule has 0 saturated heterocycles. The van der Waals surface area contributed by atoms with E-state index in [4.69, 9.17) is 5.11 Å². The van der Waals surface area contributed by atoms with E-state index in [1.807, 2.05) is 6.07 Å². The number of carbonyl (C=O) groups is 4. The fourth-order valence-electron chi connectivity index (χ4n) is 2.43. The van der Waals surface area contributed by atoms with Crippen LogP contribution in [0.25, 0.3) is 6.08 Å². The van der Waals surface area contributed by atoms with Gasteiger partial charge >= 0.3 is 12.1 Å². The third-order valence-electron chi connectivity index (χ3n) is 3.85. The zero-order valence-corrected chi connectivity index (χ0v) is 15.1. The third-order valence-corrected chi connectivity index (χ3v) is 3.85. The molecule has 8 heteroatoms. The normalized spacial score (nSPS) is 12.3. The number of hydrogen-bond acceptors (Lipinski definition) is 4. The summed E-state index contributed by atoms with van der Waals surface area (Å²) in [7, 11) is 2.89. The molecular formula is C18H23N3O5. The first-order chi connectivity index (χ1) is 12.1. The van der Waals surface area contributed by atoms with E-state index >= 15 is 0 Å². The fraction of sp³-hybridized carbons (Fsp3) is 0.333. The number of hydrogen-bond donors (Lipinski definition) is 3. The standard InChI is InChI=1S/C18H23N3O5/c1-12(22)18(13(2)23,20-16(24)21(3)4)15(19-17(25)26)11-10-14-8-6-5-7-9-14/h5-11,15,19H,1-4H3,(H,20,24)(H,25,26)/b11-10+. The molecule has 0 heterocycles. The highest BCUT2D eigenvalue weighted by Gasteiger charge is 2.49. The molecule has 8 nitrogen and oxygen atoms in total. The lowest BCUT2D eigenvalue weighted by Crippen LogP contribution is -2.70. The Kier molecular flexibility index (Phi) is 7.06. The van der Waals surface area contributed by atoms with Crippen molar-refractivity contribution in [1.82, 2.24) is 15.5 Å². The highest BCUT2D eigenvalue weighted by molar-refractivity contribution is 6.13. The number of carbonyl (C=O) groups excluding carboxylic acids is 3. The number of benzene rings is 1. The Balaban J connectivity index is 3.42. The van der Waals surface area contributed by atoms with Crippen molar-refractivity contribution in [3.63, 3.8) is 0 Å². The lowest BCUT2D eigenvalue weighted by molar-refractivity contribution is -0.134. The largest absolute Gasteiger partial charge is 0.465 e. The zero-order chi connectivity index (χ0) is 19.9. The van der Waals surface area contributed by atoms with E-state index in [0.29, 0.717) is 0 Å². The quantitative estimate of drug-likeness (QED) is 0.637. The van der Waals surface area contributed by atoms with Crippen LogP contribution in [0.15, 0.2) is 36.4 Å². The molecule has 0 aliphatic rings. The number of Topliss-reactive ketones (excluding diaryl/α,β-unsaturated/α-hetero) is 2. The van der Waals surface area contributed by atoms with E-state index in [-0.39, 0.29) is 0 Å². The van der Waals surface area contributed by atoms with Crippen molar-refractivity contribution < 1.29 is 24.3 Å². The predicted molar refractivity (Wildman–Crippen MR) is 96.7 cm³/mol. The summed E-state index contributed by atoms with van der Waals surface area (Å²) in [6.45, 7) is 2.26. The van der Waals surface area contributed by atoms with Gasteiger partial charge in [0.25, 0.3) is 0 Å². The minimum Gasteiger partial charge on any atom is -0.465 e. The summed E-state index contributed by atoms with van der Waals surface area (Å²) in [4.78, 5) is 49.3. The molecule has 3 amide bonds. The zero-order valence-electron chi connectivity index (χ0n) is 15.1. The number of amides is 3. The van der Waals surface area contributed by atoms with Gasteiger partial charge in [-0.25, -0.2) is 9.59 Å². The second kappa shape index (κ2) is 8.80. The monoisotopic (exact) mass is 361 g/mol. The van der Waals surface area contributed by atoms with Gasteiger partial charge in [-0.2, -0.15) is 0 Å². The summed E-state index contributed by atoms with van der Waals surface area (Å²) in [6.07, 6.45) is 1.52. The molecule has 0 aliphatic heterocycles. The first kappa shape index (κ1) is 20.9. The molecule has 3 N–H and O–H groups in total. The van der Waals surface area contributed by atoms with Crippen LogP contribution < -0.4 is 10.6 Å². The Bertz CT molecular complexity index is 699. The topological polar surface area (TPSA) is 116 Å². The van der Waals surface area contributed by atoms with Crippen molar-refractivity contribution in [3.8, 4) is 0 Å². The molecule has 0 fully saturated rings. The number of ketones is 2. The Labute approximate surface area is 151 Å². The average molecular weight is 361 g/mol. The Hall–Kier alpha value is -3.16. The van der Waals surface area contributed by atoms with Crippen molar-refractivity contribution in [2.24, 2.45) is 0 Å². The number of urea groups is 1. The maximum Gasteiger partial charge on any atom is 0.405 e. The Morgan fingerprint density at radius 3 is 2.04 bits per heavy atom. The van der Waals surface area contributed by atoms with Gasteiger partial charge in [-0.05, 0) is 19.4 Å². The van der Waals surface area contributed by atoms with Crippen LogP contribution in [-0.2, 0) is 9.59 Å². The number of rotatable bonds is 7. The Morgan fingerprint density at radius 1 is 1.08 bits per heavy atom. The maximum absolute atomic E-state index is 12.4. The second-order valence-corrected chi connectivity index (χ2v) is 5.94. The molecule has 1 unspecified atom stereocenters. The van der Waals surface area contributed by atoms with Crippen molar-refractivity contribution in [2.45, 2.75) is 25.4 Å². The van der Waals surface area contributed by atoms with Gasteiger partial charge in [-0.1, -0.05) is 42.5 Å². The summed E-state index contributed by atoms with van der Waals surface area (Å²) in [6, 6.07) is 6.95. The van der Waals surface area contributed by atoms with Crippen molar-refractivity contribution in [1.29, 1.82) is 0 Å². The number of carboxylic acid groups (broad SMARTS) is 1. The number of nitrogens with one attached hydrogen (secondary N) is 2. The van der Waals surface area contributed by atoms with Crippen molar-refractivity contribution in [3.05, 3.63) is 42.0 Å². The van der Waals surface area contributed by atoms with Gasteiger partial charge in [0, 0.05) is 14.1 Å². The van der Waals surface area contributed by atoms with E-state index < -0.39 is 35.3 Å². The van der Waals surface area contributed by atoms with Gasteiger partial charge in [0.2, 0.25) is 0 Å². The molecule has 0 bridgehead atoms. The fourth-order valence-corrected chi connectivity index (χ4v) is 2.43. The minimum atomic E-state index is -2.06. The molecular weight excluding hydrogens is 338 g/mol. The minimum absolute atomic E-state index is 0.684. The van der Waals surface area contributed by atoms with Crippen LogP contribution in [0.2, 0.25) is 0 Å². The molecule has 0 spiro atoms. The van der Waals surface area contributed by atoms with Crippen LogP contribution in [0.5, 0.6) is 0 Å². The van der Waals surface area contributed by atoms with E-state index in [0.717, 1.165) is 24.3 Å². The molecule has 0 radical (unpaired) electrons. The Morgan fingerprint density at radius 2 is 1.62 bits per heavy atom. The highest BCUT2D eigenvalue weighted by Crippen LogP contribution is 2.18. The van der Waals surface area contributed by atoms with E-state index in [1.54, 1.807) is 30.3 Å². The molecule has 140 valence electrons. The van der Waals surface area contributed by atoms with Crippen LogP contribution in [0.1, 0.15) is 19.4 Å².